The Morgan fingerprint density at radius 3 is 2.78 bits per heavy atom. The van der Waals surface area contributed by atoms with E-state index in [4.69, 9.17) is 0 Å². The molecule has 2 aromatic heterocycles. The second kappa shape index (κ2) is 3.73. The smallest absolute Gasteiger partial charge is 0.110 e. The minimum Gasteiger partial charge on any atom is -0.370 e. The number of aromatic nitrogens is 2. The topological polar surface area (TPSA) is 20.5 Å². The first kappa shape index (κ1) is 9.95. The molecule has 0 spiro atoms. The summed E-state index contributed by atoms with van der Waals surface area (Å²) < 4.78 is 2.21. The van der Waals surface area contributed by atoms with Crippen LogP contribution in [-0.4, -0.2) is 22.5 Å². The zero-order valence-electron chi connectivity index (χ0n) is 10.2. The van der Waals surface area contributed by atoms with Gasteiger partial charge in [-0.1, -0.05) is 6.07 Å². The van der Waals surface area contributed by atoms with Gasteiger partial charge in [0.25, 0.3) is 0 Å². The van der Waals surface area contributed by atoms with Crippen molar-refractivity contribution >= 4 is 22.2 Å². The number of anilines is 1. The van der Waals surface area contributed by atoms with Gasteiger partial charge in [0, 0.05) is 19.3 Å². The second-order valence-electron chi connectivity index (χ2n) is 4.90. The summed E-state index contributed by atoms with van der Waals surface area (Å²) in [5.74, 6) is 0. The largest absolute Gasteiger partial charge is 0.370 e. The quantitative estimate of drug-likeness (QED) is 0.648. The Labute approximate surface area is 106 Å². The summed E-state index contributed by atoms with van der Waals surface area (Å²) in [4.78, 5) is 7.11. The zero-order chi connectivity index (χ0) is 11.9. The van der Waals surface area contributed by atoms with Gasteiger partial charge in [-0.25, -0.2) is 0 Å². The van der Waals surface area contributed by atoms with Crippen LogP contribution in [0.1, 0.15) is 12.8 Å². The van der Waals surface area contributed by atoms with Gasteiger partial charge in [0.1, 0.15) is 5.52 Å². The molecule has 1 fully saturated rings. The van der Waals surface area contributed by atoms with Crippen molar-refractivity contribution in [2.45, 2.75) is 12.8 Å². The van der Waals surface area contributed by atoms with Crippen LogP contribution in [-0.2, 0) is 0 Å². The Morgan fingerprint density at radius 1 is 1.00 bits per heavy atom. The molecule has 18 heavy (non-hydrogen) atoms. The lowest BCUT2D eigenvalue weighted by molar-refractivity contribution is 0.949. The van der Waals surface area contributed by atoms with E-state index >= 15 is 0 Å². The maximum atomic E-state index is 4.66. The first-order valence-electron chi connectivity index (χ1n) is 6.53. The second-order valence-corrected chi connectivity index (χ2v) is 4.90. The Balaban J connectivity index is 2.03. The van der Waals surface area contributed by atoms with Crippen molar-refractivity contribution in [3.8, 4) is 0 Å². The highest BCUT2D eigenvalue weighted by atomic mass is 15.2. The highest BCUT2D eigenvalue weighted by molar-refractivity contribution is 5.90. The molecule has 0 saturated carbocycles. The number of benzene rings is 1. The molecule has 3 heteroatoms. The van der Waals surface area contributed by atoms with Crippen LogP contribution in [0.25, 0.3) is 16.6 Å². The summed E-state index contributed by atoms with van der Waals surface area (Å²) >= 11 is 0. The number of hydrogen-bond acceptors (Lipinski definition) is 2. The predicted octanol–water partition coefficient (Wildman–Crippen LogP) is 3.09. The lowest BCUT2D eigenvalue weighted by Gasteiger charge is -2.19. The van der Waals surface area contributed by atoms with E-state index in [-0.39, 0.29) is 0 Å². The van der Waals surface area contributed by atoms with Gasteiger partial charge in [-0.3, -0.25) is 4.98 Å². The Bertz CT molecular complexity index is 708. The molecule has 0 N–H and O–H groups in total. The fourth-order valence-electron chi connectivity index (χ4n) is 2.91. The van der Waals surface area contributed by atoms with Gasteiger partial charge in [0.05, 0.1) is 22.9 Å². The van der Waals surface area contributed by atoms with E-state index in [2.05, 4.69) is 50.8 Å². The molecule has 1 aliphatic rings. The first-order chi connectivity index (χ1) is 8.93. The molecule has 3 aromatic rings. The number of rotatable bonds is 1. The molecule has 1 saturated heterocycles. The van der Waals surface area contributed by atoms with Crippen LogP contribution in [0, 0.1) is 0 Å². The van der Waals surface area contributed by atoms with Crippen LogP contribution < -0.4 is 4.90 Å². The van der Waals surface area contributed by atoms with Crippen molar-refractivity contribution < 1.29 is 0 Å². The Hall–Kier alpha value is -2.03. The van der Waals surface area contributed by atoms with Crippen LogP contribution in [0.5, 0.6) is 0 Å². The molecule has 1 aliphatic heterocycles. The van der Waals surface area contributed by atoms with Crippen LogP contribution in [0.4, 0.5) is 5.69 Å². The summed E-state index contributed by atoms with van der Waals surface area (Å²) in [6, 6.07) is 10.6. The summed E-state index contributed by atoms with van der Waals surface area (Å²) in [5.41, 5.74) is 4.74. The van der Waals surface area contributed by atoms with Gasteiger partial charge >= 0.3 is 0 Å². The Kier molecular flexibility index (Phi) is 2.06. The summed E-state index contributed by atoms with van der Waals surface area (Å²) in [5, 5.41) is 0. The number of hydrogen-bond donors (Lipinski definition) is 0. The predicted molar refractivity (Wildman–Crippen MR) is 74.1 cm³/mol. The van der Waals surface area contributed by atoms with Gasteiger partial charge in [-0.2, -0.15) is 0 Å². The molecule has 0 aliphatic carbocycles. The molecule has 3 heterocycles. The van der Waals surface area contributed by atoms with Crippen LogP contribution >= 0.6 is 0 Å². The third kappa shape index (κ3) is 1.33. The van der Waals surface area contributed by atoms with Crippen molar-refractivity contribution in [3.05, 3.63) is 42.7 Å². The maximum Gasteiger partial charge on any atom is 0.110 e. The molecule has 0 bridgehead atoms. The maximum absolute atomic E-state index is 4.66. The number of para-hydroxylation sites is 1. The fraction of sp³-hybridized carbons (Fsp3) is 0.267. The molecular weight excluding hydrogens is 222 g/mol. The van der Waals surface area contributed by atoms with Crippen molar-refractivity contribution in [2.24, 2.45) is 0 Å². The Morgan fingerprint density at radius 2 is 1.89 bits per heavy atom. The normalized spacial score (nSPS) is 15.9. The fourth-order valence-corrected chi connectivity index (χ4v) is 2.91. The van der Waals surface area contributed by atoms with Gasteiger partial charge in [0.15, 0.2) is 0 Å². The van der Waals surface area contributed by atoms with E-state index < -0.39 is 0 Å². The van der Waals surface area contributed by atoms with Crippen molar-refractivity contribution in [1.82, 2.24) is 9.38 Å². The molecule has 90 valence electrons. The molecule has 1 aromatic carbocycles. The van der Waals surface area contributed by atoms with Gasteiger partial charge in [0.2, 0.25) is 0 Å². The van der Waals surface area contributed by atoms with Crippen LogP contribution in [0.15, 0.2) is 42.7 Å². The lowest BCUT2D eigenvalue weighted by atomic mass is 10.2. The van der Waals surface area contributed by atoms with E-state index in [1.807, 2.05) is 6.20 Å². The standard InChI is InChI=1S/C15H15N3/c1-2-9-17(8-1)13-6-3-7-14-15(13)16-11-12-5-4-10-18(12)14/h3-7,10-11H,1-2,8-9H2. The third-order valence-electron chi connectivity index (χ3n) is 3.81. The van der Waals surface area contributed by atoms with Crippen LogP contribution in [0.2, 0.25) is 0 Å². The lowest BCUT2D eigenvalue weighted by Crippen LogP contribution is -2.18. The average Bonchev–Trinajstić information content (AvgIpc) is 3.09. The molecular formula is C15H15N3. The minimum atomic E-state index is 1.11. The molecule has 3 nitrogen and oxygen atoms in total. The third-order valence-corrected chi connectivity index (χ3v) is 3.81. The molecule has 4 rings (SSSR count). The molecule has 0 unspecified atom stereocenters. The molecule has 0 radical (unpaired) electrons. The van der Waals surface area contributed by atoms with Gasteiger partial charge in [-0.05, 0) is 37.1 Å². The highest BCUT2D eigenvalue weighted by Gasteiger charge is 2.16. The molecule has 0 amide bonds. The zero-order valence-corrected chi connectivity index (χ0v) is 10.2. The monoisotopic (exact) mass is 237 g/mol. The summed E-state index contributed by atoms with van der Waals surface area (Å²) in [7, 11) is 0. The van der Waals surface area contributed by atoms with Crippen molar-refractivity contribution in [2.75, 3.05) is 18.0 Å². The van der Waals surface area contributed by atoms with E-state index in [0.29, 0.717) is 0 Å². The van der Waals surface area contributed by atoms with E-state index in [1.165, 1.54) is 24.0 Å². The van der Waals surface area contributed by atoms with Gasteiger partial charge in [-0.15, -0.1) is 0 Å². The van der Waals surface area contributed by atoms with Crippen molar-refractivity contribution in [1.29, 1.82) is 0 Å². The van der Waals surface area contributed by atoms with Crippen molar-refractivity contribution in [3.63, 3.8) is 0 Å². The summed E-state index contributed by atoms with van der Waals surface area (Å²) in [6.45, 7) is 2.31. The van der Waals surface area contributed by atoms with E-state index in [1.54, 1.807) is 0 Å². The first-order valence-corrected chi connectivity index (χ1v) is 6.53. The van der Waals surface area contributed by atoms with E-state index in [9.17, 15) is 0 Å². The number of fused-ring (bicyclic) bond motifs is 3. The van der Waals surface area contributed by atoms with E-state index in [0.717, 1.165) is 24.1 Å². The number of nitrogens with zero attached hydrogens (tertiary/aromatic N) is 3. The summed E-state index contributed by atoms with van der Waals surface area (Å²) in [6.07, 6.45) is 6.65. The highest BCUT2D eigenvalue weighted by Crippen LogP contribution is 2.28. The minimum absolute atomic E-state index is 1.11. The molecule has 0 atom stereocenters. The van der Waals surface area contributed by atoms with Crippen LogP contribution in [0.3, 0.4) is 0 Å². The van der Waals surface area contributed by atoms with Gasteiger partial charge < -0.3 is 9.30 Å². The average molecular weight is 237 g/mol. The SMILES string of the molecule is c1cc(N2CCCC2)c2ncc3cccn3c2c1.